The predicted octanol–water partition coefficient (Wildman–Crippen LogP) is 2.57. The highest BCUT2D eigenvalue weighted by Crippen LogP contribution is 2.22. The number of nitrogens with zero attached hydrogens (tertiary/aromatic N) is 1. The second kappa shape index (κ2) is 5.81. The van der Waals surface area contributed by atoms with Gasteiger partial charge in [0.1, 0.15) is 0 Å². The lowest BCUT2D eigenvalue weighted by Gasteiger charge is -2.19. The number of rotatable bonds is 5. The maximum Gasteiger partial charge on any atom is 0.156 e. The van der Waals surface area contributed by atoms with Crippen LogP contribution in [0.2, 0.25) is 0 Å². The minimum absolute atomic E-state index is 0.161. The first kappa shape index (κ1) is 16.0. The Bertz CT molecular complexity index is 724. The highest BCUT2D eigenvalue weighted by molar-refractivity contribution is 7.92. The molecule has 0 aliphatic heterocycles. The SMILES string of the molecule is CNCc1cn(CCS(=O)(=O)C(C)(C)C)c2ccccc12. The van der Waals surface area contributed by atoms with Crippen molar-refractivity contribution in [3.05, 3.63) is 36.0 Å². The van der Waals surface area contributed by atoms with Crippen molar-refractivity contribution >= 4 is 20.7 Å². The number of benzene rings is 1. The number of sulfone groups is 1. The van der Waals surface area contributed by atoms with Crippen LogP contribution in [-0.2, 0) is 22.9 Å². The Morgan fingerprint density at radius 2 is 1.86 bits per heavy atom. The van der Waals surface area contributed by atoms with E-state index in [9.17, 15) is 8.42 Å². The molecule has 0 unspecified atom stereocenters. The quantitative estimate of drug-likeness (QED) is 0.923. The van der Waals surface area contributed by atoms with Crippen molar-refractivity contribution < 1.29 is 8.42 Å². The van der Waals surface area contributed by atoms with Crippen LogP contribution in [0.3, 0.4) is 0 Å². The summed E-state index contributed by atoms with van der Waals surface area (Å²) >= 11 is 0. The van der Waals surface area contributed by atoms with Crippen LogP contribution in [0.25, 0.3) is 10.9 Å². The molecule has 0 aliphatic carbocycles. The molecule has 0 bridgehead atoms. The fraction of sp³-hybridized carbons (Fsp3) is 0.500. The second-order valence-electron chi connectivity index (χ2n) is 6.33. The lowest BCUT2D eigenvalue weighted by atomic mass is 10.2. The van der Waals surface area contributed by atoms with Gasteiger partial charge in [0.05, 0.1) is 10.5 Å². The highest BCUT2D eigenvalue weighted by Gasteiger charge is 2.28. The first-order chi connectivity index (χ1) is 9.76. The maximum atomic E-state index is 12.3. The molecule has 1 heterocycles. The van der Waals surface area contributed by atoms with Gasteiger partial charge in [0, 0.05) is 30.2 Å². The van der Waals surface area contributed by atoms with Crippen LogP contribution in [0, 0.1) is 0 Å². The van der Waals surface area contributed by atoms with E-state index in [4.69, 9.17) is 0 Å². The number of nitrogens with one attached hydrogen (secondary N) is 1. The summed E-state index contributed by atoms with van der Waals surface area (Å²) in [6, 6.07) is 8.12. The Morgan fingerprint density at radius 3 is 2.48 bits per heavy atom. The number of para-hydroxylation sites is 1. The van der Waals surface area contributed by atoms with Crippen LogP contribution < -0.4 is 5.32 Å². The third-order valence-electron chi connectivity index (χ3n) is 3.77. The van der Waals surface area contributed by atoms with Crippen LogP contribution in [-0.4, -0.2) is 30.5 Å². The molecule has 116 valence electrons. The molecule has 0 aliphatic rings. The molecule has 5 heteroatoms. The molecule has 21 heavy (non-hydrogen) atoms. The van der Waals surface area contributed by atoms with E-state index in [1.807, 2.05) is 29.8 Å². The van der Waals surface area contributed by atoms with E-state index in [-0.39, 0.29) is 5.75 Å². The minimum Gasteiger partial charge on any atom is -0.346 e. The number of fused-ring (bicyclic) bond motifs is 1. The van der Waals surface area contributed by atoms with Gasteiger partial charge < -0.3 is 9.88 Å². The molecule has 4 nitrogen and oxygen atoms in total. The first-order valence-corrected chi connectivity index (χ1v) is 8.85. The Balaban J connectivity index is 2.31. The summed E-state index contributed by atoms with van der Waals surface area (Å²) in [5.41, 5.74) is 2.29. The fourth-order valence-corrected chi connectivity index (χ4v) is 3.41. The fourth-order valence-electron chi connectivity index (χ4n) is 2.36. The molecule has 0 amide bonds. The highest BCUT2D eigenvalue weighted by atomic mass is 32.2. The van der Waals surface area contributed by atoms with Crippen LogP contribution in [0.15, 0.2) is 30.5 Å². The van der Waals surface area contributed by atoms with Gasteiger partial charge in [-0.2, -0.15) is 0 Å². The zero-order valence-electron chi connectivity index (χ0n) is 13.2. The maximum absolute atomic E-state index is 12.3. The molecule has 2 rings (SSSR count). The summed E-state index contributed by atoms with van der Waals surface area (Å²) in [5.74, 6) is 0.161. The Morgan fingerprint density at radius 1 is 1.19 bits per heavy atom. The van der Waals surface area contributed by atoms with Gasteiger partial charge >= 0.3 is 0 Å². The van der Waals surface area contributed by atoms with E-state index in [1.165, 1.54) is 10.9 Å². The lowest BCUT2D eigenvalue weighted by molar-refractivity contribution is 0.554. The molecule has 0 radical (unpaired) electrons. The molecule has 1 N–H and O–H groups in total. The zero-order chi connectivity index (χ0) is 15.7. The number of aromatic nitrogens is 1. The van der Waals surface area contributed by atoms with E-state index >= 15 is 0 Å². The summed E-state index contributed by atoms with van der Waals surface area (Å²) < 4.78 is 25.9. The van der Waals surface area contributed by atoms with Crippen molar-refractivity contribution in [2.45, 2.75) is 38.6 Å². The molecular weight excluding hydrogens is 284 g/mol. The Hall–Kier alpha value is -1.33. The van der Waals surface area contributed by atoms with E-state index < -0.39 is 14.6 Å². The number of aryl methyl sites for hydroxylation is 1. The summed E-state index contributed by atoms with van der Waals surface area (Å²) in [7, 11) is -1.19. The molecule has 0 saturated heterocycles. The van der Waals surface area contributed by atoms with E-state index in [0.29, 0.717) is 6.54 Å². The van der Waals surface area contributed by atoms with Gasteiger partial charge in [-0.25, -0.2) is 8.42 Å². The van der Waals surface area contributed by atoms with Crippen LogP contribution in [0.4, 0.5) is 0 Å². The van der Waals surface area contributed by atoms with Gasteiger partial charge in [0.25, 0.3) is 0 Å². The van der Waals surface area contributed by atoms with Crippen molar-refractivity contribution in [2.24, 2.45) is 0 Å². The summed E-state index contributed by atoms with van der Waals surface area (Å²) in [6.45, 7) is 6.52. The van der Waals surface area contributed by atoms with Crippen LogP contribution in [0.5, 0.6) is 0 Å². The van der Waals surface area contributed by atoms with Crippen molar-refractivity contribution in [3.63, 3.8) is 0 Å². The van der Waals surface area contributed by atoms with Gasteiger partial charge in [0.15, 0.2) is 9.84 Å². The Kier molecular flexibility index (Phi) is 4.44. The van der Waals surface area contributed by atoms with Crippen LogP contribution in [0.1, 0.15) is 26.3 Å². The summed E-state index contributed by atoms with van der Waals surface area (Å²) in [5, 5.41) is 4.34. The predicted molar refractivity (Wildman–Crippen MR) is 88.2 cm³/mol. The Labute approximate surface area is 127 Å². The standard InChI is InChI=1S/C16H24N2O2S/c1-16(2,3)21(19,20)10-9-18-12-13(11-17-4)14-7-5-6-8-15(14)18/h5-8,12,17H,9-11H2,1-4H3. The molecule has 0 saturated carbocycles. The van der Waals surface area contributed by atoms with Gasteiger partial charge in [-0.3, -0.25) is 0 Å². The largest absolute Gasteiger partial charge is 0.346 e. The second-order valence-corrected chi connectivity index (χ2v) is 9.19. The third kappa shape index (κ3) is 3.30. The van der Waals surface area contributed by atoms with Gasteiger partial charge in [-0.15, -0.1) is 0 Å². The molecule has 1 aromatic carbocycles. The summed E-state index contributed by atoms with van der Waals surface area (Å²) in [6.07, 6.45) is 2.05. The van der Waals surface area contributed by atoms with Crippen molar-refractivity contribution in [1.29, 1.82) is 0 Å². The van der Waals surface area contributed by atoms with E-state index in [1.54, 1.807) is 20.8 Å². The average molecular weight is 308 g/mol. The summed E-state index contributed by atoms with van der Waals surface area (Å²) in [4.78, 5) is 0. The van der Waals surface area contributed by atoms with Gasteiger partial charge in [-0.05, 0) is 39.4 Å². The number of hydrogen-bond donors (Lipinski definition) is 1. The molecule has 2 aromatic rings. The lowest BCUT2D eigenvalue weighted by Crippen LogP contribution is -2.31. The average Bonchev–Trinajstić information content (AvgIpc) is 2.75. The molecule has 0 spiro atoms. The van der Waals surface area contributed by atoms with E-state index in [2.05, 4.69) is 17.6 Å². The number of hydrogen-bond acceptors (Lipinski definition) is 3. The molecule has 1 aromatic heterocycles. The minimum atomic E-state index is -3.10. The van der Waals surface area contributed by atoms with Crippen molar-refractivity contribution in [3.8, 4) is 0 Å². The molecular formula is C16H24N2O2S. The van der Waals surface area contributed by atoms with Gasteiger partial charge in [-0.1, -0.05) is 18.2 Å². The third-order valence-corrected chi connectivity index (χ3v) is 6.36. The normalized spacial score (nSPS) is 13.0. The van der Waals surface area contributed by atoms with E-state index in [0.717, 1.165) is 12.1 Å². The van der Waals surface area contributed by atoms with Crippen molar-refractivity contribution in [1.82, 2.24) is 9.88 Å². The molecule has 0 fully saturated rings. The first-order valence-electron chi connectivity index (χ1n) is 7.20. The monoisotopic (exact) mass is 308 g/mol. The van der Waals surface area contributed by atoms with Crippen molar-refractivity contribution in [2.75, 3.05) is 12.8 Å². The molecule has 0 atom stereocenters. The zero-order valence-corrected chi connectivity index (χ0v) is 14.0. The van der Waals surface area contributed by atoms with Gasteiger partial charge in [0.2, 0.25) is 0 Å². The topological polar surface area (TPSA) is 51.1 Å². The van der Waals surface area contributed by atoms with Crippen LogP contribution >= 0.6 is 0 Å². The smallest absolute Gasteiger partial charge is 0.156 e.